The van der Waals surface area contributed by atoms with Crippen molar-refractivity contribution in [3.63, 3.8) is 0 Å². The largest absolute Gasteiger partial charge is 0.440 e. The Balaban J connectivity index is 1.92. The lowest BCUT2D eigenvalue weighted by Gasteiger charge is -2.32. The smallest absolute Gasteiger partial charge is 0.314 e. The second-order valence-corrected chi connectivity index (χ2v) is 6.33. The van der Waals surface area contributed by atoms with Crippen LogP contribution in [0.2, 0.25) is 0 Å². The fraction of sp³-hybridized carbons (Fsp3) is 0.500. The zero-order valence-electron chi connectivity index (χ0n) is 13.7. The maximum atomic E-state index is 13.8. The van der Waals surface area contributed by atoms with Crippen LogP contribution in [0.1, 0.15) is 42.5 Å². The van der Waals surface area contributed by atoms with Gasteiger partial charge in [0.05, 0.1) is 0 Å². The van der Waals surface area contributed by atoms with Crippen molar-refractivity contribution in [1.29, 1.82) is 0 Å². The number of pyridine rings is 1. The number of carbonyl (C=O) groups excluding carboxylic acids is 3. The number of hydrogen-bond donors (Lipinski definition) is 2. The molecule has 2 fully saturated rings. The molecule has 0 radical (unpaired) electrons. The quantitative estimate of drug-likeness (QED) is 0.796. The van der Waals surface area contributed by atoms with Gasteiger partial charge in [-0.3, -0.25) is 24.8 Å². The number of amides is 4. The van der Waals surface area contributed by atoms with E-state index in [1.807, 2.05) is 0 Å². The molecular formula is C16H17F3N4O3. The van der Waals surface area contributed by atoms with Crippen LogP contribution in [0.3, 0.4) is 0 Å². The number of aromatic nitrogens is 1. The Kier molecular flexibility index (Phi) is 4.59. The van der Waals surface area contributed by atoms with Gasteiger partial charge in [0.25, 0.3) is 17.5 Å². The summed E-state index contributed by atoms with van der Waals surface area (Å²) in [5.41, 5.74) is -3.58. The fourth-order valence-electron chi connectivity index (χ4n) is 3.31. The van der Waals surface area contributed by atoms with Gasteiger partial charge in [-0.15, -0.1) is 0 Å². The average molecular weight is 370 g/mol. The molecule has 1 aromatic rings. The molecule has 1 aliphatic carbocycles. The van der Waals surface area contributed by atoms with Crippen molar-refractivity contribution >= 4 is 17.8 Å². The molecule has 1 aliphatic heterocycles. The van der Waals surface area contributed by atoms with Crippen LogP contribution in [-0.4, -0.2) is 45.6 Å². The molecule has 140 valence electrons. The van der Waals surface area contributed by atoms with Gasteiger partial charge in [-0.2, -0.15) is 13.2 Å². The van der Waals surface area contributed by atoms with Crippen LogP contribution < -0.4 is 10.6 Å². The summed E-state index contributed by atoms with van der Waals surface area (Å²) in [6.45, 7) is 0. The highest BCUT2D eigenvalue weighted by Crippen LogP contribution is 2.36. The Morgan fingerprint density at radius 3 is 2.38 bits per heavy atom. The monoisotopic (exact) mass is 370 g/mol. The number of nitrogens with one attached hydrogen (secondary N) is 2. The second kappa shape index (κ2) is 6.58. The normalized spacial score (nSPS) is 24.5. The van der Waals surface area contributed by atoms with Crippen LogP contribution >= 0.6 is 0 Å². The number of carbonyl (C=O) groups is 3. The zero-order chi connectivity index (χ0) is 18.9. The number of nitrogens with zero attached hydrogens (tertiary/aromatic N) is 2. The summed E-state index contributed by atoms with van der Waals surface area (Å²) < 4.78 is 41.3. The minimum absolute atomic E-state index is 0.109. The first-order valence-corrected chi connectivity index (χ1v) is 8.21. The topological polar surface area (TPSA) is 91.4 Å². The van der Waals surface area contributed by atoms with Crippen molar-refractivity contribution in [2.45, 2.75) is 50.0 Å². The summed E-state index contributed by atoms with van der Waals surface area (Å²) in [4.78, 5) is 41.4. The third kappa shape index (κ3) is 2.99. The first-order valence-electron chi connectivity index (χ1n) is 8.21. The Labute approximate surface area is 146 Å². The molecule has 1 saturated carbocycles. The minimum atomic E-state index is -5.20. The van der Waals surface area contributed by atoms with Crippen LogP contribution in [-0.2, 0) is 4.79 Å². The molecule has 4 amide bonds. The van der Waals surface area contributed by atoms with E-state index >= 15 is 0 Å². The summed E-state index contributed by atoms with van der Waals surface area (Å²) in [5, 5.41) is 3.35. The fourth-order valence-corrected chi connectivity index (χ4v) is 3.31. The number of halogens is 3. The van der Waals surface area contributed by atoms with Gasteiger partial charge in [0, 0.05) is 24.0 Å². The molecule has 1 unspecified atom stereocenters. The van der Waals surface area contributed by atoms with E-state index in [9.17, 15) is 27.6 Å². The van der Waals surface area contributed by atoms with E-state index in [1.165, 1.54) is 24.5 Å². The van der Waals surface area contributed by atoms with Crippen molar-refractivity contribution in [3.05, 3.63) is 30.1 Å². The standard InChI is InChI=1S/C16H17F3N4O3/c17-16(18,19)15(21-12(24)10-6-8-20-9-7-10)13(25)23(14(26)22-15)11-4-2-1-3-5-11/h6-9,11H,1-5H2,(H,21,24)(H,22,26). The van der Waals surface area contributed by atoms with Gasteiger partial charge in [0.1, 0.15) is 0 Å². The Hall–Kier alpha value is -2.65. The summed E-state index contributed by atoms with van der Waals surface area (Å²) in [6.07, 6.45) is 0.525. The molecule has 0 spiro atoms. The number of imide groups is 1. The first kappa shape index (κ1) is 18.2. The summed E-state index contributed by atoms with van der Waals surface area (Å²) in [7, 11) is 0. The molecule has 3 rings (SSSR count). The SMILES string of the molecule is O=C(NC1(C(F)(F)F)NC(=O)N(C2CCCCC2)C1=O)c1ccncc1. The Morgan fingerprint density at radius 2 is 1.81 bits per heavy atom. The number of hydrogen-bond acceptors (Lipinski definition) is 4. The summed E-state index contributed by atoms with van der Waals surface area (Å²) >= 11 is 0. The van der Waals surface area contributed by atoms with E-state index in [1.54, 1.807) is 10.6 Å². The summed E-state index contributed by atoms with van der Waals surface area (Å²) in [6, 6.07) is 0.673. The molecule has 0 bridgehead atoms. The zero-order valence-corrected chi connectivity index (χ0v) is 13.7. The van der Waals surface area contributed by atoms with E-state index in [0.717, 1.165) is 19.3 Å². The molecule has 26 heavy (non-hydrogen) atoms. The van der Waals surface area contributed by atoms with Gasteiger partial charge in [0.2, 0.25) is 0 Å². The van der Waals surface area contributed by atoms with Gasteiger partial charge in [0.15, 0.2) is 0 Å². The maximum absolute atomic E-state index is 13.8. The molecule has 1 saturated heterocycles. The van der Waals surface area contributed by atoms with Crippen LogP contribution in [0.4, 0.5) is 18.0 Å². The van der Waals surface area contributed by atoms with Crippen molar-refractivity contribution in [1.82, 2.24) is 20.5 Å². The van der Waals surface area contributed by atoms with E-state index in [-0.39, 0.29) is 5.56 Å². The highest BCUT2D eigenvalue weighted by Gasteiger charge is 2.69. The van der Waals surface area contributed by atoms with E-state index in [0.29, 0.717) is 17.7 Å². The first-order chi connectivity index (χ1) is 12.3. The molecule has 7 nitrogen and oxygen atoms in total. The maximum Gasteiger partial charge on any atom is 0.440 e. The Morgan fingerprint density at radius 1 is 1.19 bits per heavy atom. The molecule has 10 heteroatoms. The second-order valence-electron chi connectivity index (χ2n) is 6.33. The van der Waals surface area contributed by atoms with E-state index < -0.39 is 35.7 Å². The molecule has 0 aromatic carbocycles. The molecule has 1 atom stereocenters. The van der Waals surface area contributed by atoms with Gasteiger partial charge in [-0.1, -0.05) is 19.3 Å². The van der Waals surface area contributed by atoms with Crippen LogP contribution in [0.15, 0.2) is 24.5 Å². The third-order valence-corrected chi connectivity index (χ3v) is 4.66. The van der Waals surface area contributed by atoms with E-state index in [4.69, 9.17) is 0 Å². The highest BCUT2D eigenvalue weighted by atomic mass is 19.4. The van der Waals surface area contributed by atoms with Crippen LogP contribution in [0, 0.1) is 0 Å². The predicted molar refractivity (Wildman–Crippen MR) is 82.7 cm³/mol. The van der Waals surface area contributed by atoms with Crippen LogP contribution in [0.5, 0.6) is 0 Å². The predicted octanol–water partition coefficient (Wildman–Crippen LogP) is 1.95. The summed E-state index contributed by atoms with van der Waals surface area (Å²) in [5.74, 6) is -2.63. The molecule has 2 heterocycles. The lowest BCUT2D eigenvalue weighted by Crippen LogP contribution is -2.69. The van der Waals surface area contributed by atoms with Crippen molar-refractivity contribution in [2.24, 2.45) is 0 Å². The third-order valence-electron chi connectivity index (χ3n) is 4.66. The number of urea groups is 1. The molecule has 2 aliphatic rings. The van der Waals surface area contributed by atoms with Gasteiger partial charge < -0.3 is 5.32 Å². The van der Waals surface area contributed by atoms with Crippen LogP contribution in [0.25, 0.3) is 0 Å². The molecular weight excluding hydrogens is 353 g/mol. The van der Waals surface area contributed by atoms with E-state index in [2.05, 4.69) is 4.98 Å². The highest BCUT2D eigenvalue weighted by molar-refractivity contribution is 6.10. The average Bonchev–Trinajstić information content (AvgIpc) is 2.87. The van der Waals surface area contributed by atoms with Crippen molar-refractivity contribution in [3.8, 4) is 0 Å². The van der Waals surface area contributed by atoms with Gasteiger partial charge in [-0.25, -0.2) is 4.79 Å². The Bertz CT molecular complexity index is 719. The van der Waals surface area contributed by atoms with Crippen molar-refractivity contribution < 1.29 is 27.6 Å². The number of rotatable bonds is 3. The lowest BCUT2D eigenvalue weighted by atomic mass is 9.94. The minimum Gasteiger partial charge on any atom is -0.314 e. The van der Waals surface area contributed by atoms with Gasteiger partial charge in [-0.05, 0) is 25.0 Å². The lowest BCUT2D eigenvalue weighted by molar-refractivity contribution is -0.200. The molecule has 1 aromatic heterocycles. The van der Waals surface area contributed by atoms with Gasteiger partial charge >= 0.3 is 12.2 Å². The number of alkyl halides is 3. The molecule has 2 N–H and O–H groups in total. The van der Waals surface area contributed by atoms with Crippen molar-refractivity contribution in [2.75, 3.05) is 0 Å².